The molecule has 0 amide bonds. The molecule has 1 unspecified atom stereocenters. The summed E-state index contributed by atoms with van der Waals surface area (Å²) < 4.78 is 0. The molecule has 60 valence electrons. The third kappa shape index (κ3) is 1.31. The minimum Gasteiger partial charge on any atom is -0.304 e. The molecule has 1 aliphatic heterocycles. The van der Waals surface area contributed by atoms with E-state index in [2.05, 4.69) is 26.1 Å². The number of nitrogens with two attached hydrogens (primary N) is 1. The minimum absolute atomic E-state index is 0.147. The smallest absolute Gasteiger partial charge is 0.119 e. The van der Waals surface area contributed by atoms with Crippen molar-refractivity contribution in [1.29, 1.82) is 0 Å². The van der Waals surface area contributed by atoms with Crippen LogP contribution in [0, 0.1) is 5.41 Å². The molecule has 0 saturated carbocycles. The molecule has 1 fully saturated rings. The van der Waals surface area contributed by atoms with E-state index < -0.39 is 0 Å². The number of hydrogen-bond donors (Lipinski definition) is 2. The van der Waals surface area contributed by atoms with Gasteiger partial charge in [-0.3, -0.25) is 5.32 Å². The van der Waals surface area contributed by atoms with E-state index in [0.29, 0.717) is 0 Å². The molecule has 3 heteroatoms. The normalized spacial score (nSPS) is 34.8. The number of hydrogen-bond acceptors (Lipinski definition) is 3. The van der Waals surface area contributed by atoms with E-state index in [9.17, 15) is 0 Å². The zero-order valence-electron chi connectivity index (χ0n) is 6.90. The van der Waals surface area contributed by atoms with Gasteiger partial charge in [0.05, 0.1) is 0 Å². The van der Waals surface area contributed by atoms with E-state index in [1.165, 1.54) is 0 Å². The highest BCUT2D eigenvalue weighted by Gasteiger charge is 2.41. The summed E-state index contributed by atoms with van der Waals surface area (Å²) in [5.74, 6) is 1.13. The van der Waals surface area contributed by atoms with Gasteiger partial charge >= 0.3 is 0 Å². The Bertz CT molecular complexity index is 122. The molecular formula is C7H16N2S. The second-order valence-electron chi connectivity index (χ2n) is 3.76. The summed E-state index contributed by atoms with van der Waals surface area (Å²) in [6.07, 6.45) is 0. The van der Waals surface area contributed by atoms with E-state index in [4.69, 9.17) is 5.73 Å². The molecule has 0 aliphatic carbocycles. The van der Waals surface area contributed by atoms with Crippen molar-refractivity contribution in [2.24, 2.45) is 11.1 Å². The first kappa shape index (κ1) is 8.37. The molecule has 1 rings (SSSR count). The average molecular weight is 160 g/mol. The van der Waals surface area contributed by atoms with E-state index in [-0.39, 0.29) is 10.4 Å². The van der Waals surface area contributed by atoms with Crippen LogP contribution in [0.4, 0.5) is 0 Å². The van der Waals surface area contributed by atoms with Gasteiger partial charge < -0.3 is 5.73 Å². The van der Waals surface area contributed by atoms with E-state index >= 15 is 0 Å². The van der Waals surface area contributed by atoms with Crippen molar-refractivity contribution in [3.05, 3.63) is 0 Å². The van der Waals surface area contributed by atoms with Crippen LogP contribution in [0.25, 0.3) is 0 Å². The van der Waals surface area contributed by atoms with Crippen molar-refractivity contribution in [2.45, 2.75) is 25.8 Å². The summed E-state index contributed by atoms with van der Waals surface area (Å²) in [6.45, 7) is 7.54. The van der Waals surface area contributed by atoms with Crippen molar-refractivity contribution < 1.29 is 0 Å². The highest BCUT2D eigenvalue weighted by atomic mass is 32.2. The topological polar surface area (TPSA) is 38.0 Å². The fourth-order valence-electron chi connectivity index (χ4n) is 0.981. The van der Waals surface area contributed by atoms with Gasteiger partial charge in [0.25, 0.3) is 0 Å². The van der Waals surface area contributed by atoms with Crippen molar-refractivity contribution in [2.75, 3.05) is 12.3 Å². The summed E-state index contributed by atoms with van der Waals surface area (Å²) in [4.78, 5) is -0.201. The van der Waals surface area contributed by atoms with Crippen LogP contribution < -0.4 is 11.1 Å². The maximum absolute atomic E-state index is 6.09. The average Bonchev–Trinajstić information content (AvgIpc) is 2.13. The van der Waals surface area contributed by atoms with Crippen molar-refractivity contribution >= 4 is 11.8 Å². The molecule has 1 atom stereocenters. The first-order valence-corrected chi connectivity index (χ1v) is 4.62. The predicted octanol–water partition coefficient (Wildman–Crippen LogP) is 0.981. The lowest BCUT2D eigenvalue weighted by Gasteiger charge is -2.37. The van der Waals surface area contributed by atoms with Crippen molar-refractivity contribution in [3.63, 3.8) is 0 Å². The lowest BCUT2D eigenvalue weighted by molar-refractivity contribution is 0.253. The van der Waals surface area contributed by atoms with Crippen LogP contribution in [0.3, 0.4) is 0 Å². The molecule has 2 nitrogen and oxygen atoms in total. The van der Waals surface area contributed by atoms with Gasteiger partial charge in [-0.05, 0) is 0 Å². The van der Waals surface area contributed by atoms with Gasteiger partial charge in [-0.25, -0.2) is 0 Å². The second kappa shape index (κ2) is 2.40. The Hall–Kier alpha value is 0.270. The van der Waals surface area contributed by atoms with Gasteiger partial charge in [-0.15, -0.1) is 11.8 Å². The standard InChI is InChI=1S/C7H16N2S/c1-6(2,3)7(8)9-4-5-10-7/h9H,4-5,8H2,1-3H3. The Morgan fingerprint density at radius 2 is 2.10 bits per heavy atom. The molecule has 10 heavy (non-hydrogen) atoms. The summed E-state index contributed by atoms with van der Waals surface area (Å²) in [7, 11) is 0. The van der Waals surface area contributed by atoms with E-state index in [1.54, 1.807) is 0 Å². The lowest BCUT2D eigenvalue weighted by Crippen LogP contribution is -2.56. The van der Waals surface area contributed by atoms with Crippen LogP contribution in [0.1, 0.15) is 20.8 Å². The van der Waals surface area contributed by atoms with Crippen LogP contribution in [-0.4, -0.2) is 17.3 Å². The van der Waals surface area contributed by atoms with E-state index in [1.807, 2.05) is 11.8 Å². The maximum atomic E-state index is 6.09. The SMILES string of the molecule is CC(C)(C)C1(N)NCCS1. The number of nitrogens with one attached hydrogen (secondary N) is 1. The molecule has 1 aliphatic rings. The van der Waals surface area contributed by atoms with Crippen LogP contribution in [0.2, 0.25) is 0 Å². The molecule has 0 aromatic heterocycles. The highest BCUT2D eigenvalue weighted by Crippen LogP contribution is 2.37. The number of thioether (sulfide) groups is 1. The van der Waals surface area contributed by atoms with Crippen LogP contribution in [0.5, 0.6) is 0 Å². The van der Waals surface area contributed by atoms with Crippen molar-refractivity contribution in [3.8, 4) is 0 Å². The van der Waals surface area contributed by atoms with Gasteiger partial charge in [0.2, 0.25) is 0 Å². The van der Waals surface area contributed by atoms with Gasteiger partial charge in [0.15, 0.2) is 0 Å². The Labute approximate surface area is 66.9 Å². The fraction of sp³-hybridized carbons (Fsp3) is 1.00. The molecule has 0 aromatic rings. The van der Waals surface area contributed by atoms with E-state index in [0.717, 1.165) is 12.3 Å². The van der Waals surface area contributed by atoms with Crippen LogP contribution in [0.15, 0.2) is 0 Å². The Balaban J connectivity index is 2.67. The Kier molecular flexibility index (Phi) is 2.00. The summed E-state index contributed by atoms with van der Waals surface area (Å²) in [5, 5.41) is 3.31. The maximum Gasteiger partial charge on any atom is 0.119 e. The van der Waals surface area contributed by atoms with Gasteiger partial charge in [-0.1, -0.05) is 20.8 Å². The molecule has 0 spiro atoms. The molecular weight excluding hydrogens is 144 g/mol. The molecule has 1 saturated heterocycles. The third-order valence-corrected chi connectivity index (χ3v) is 3.55. The van der Waals surface area contributed by atoms with Crippen molar-refractivity contribution in [1.82, 2.24) is 5.32 Å². The largest absolute Gasteiger partial charge is 0.304 e. The summed E-state index contributed by atoms with van der Waals surface area (Å²) in [6, 6.07) is 0. The van der Waals surface area contributed by atoms with Gasteiger partial charge in [-0.2, -0.15) is 0 Å². The summed E-state index contributed by atoms with van der Waals surface area (Å²) >= 11 is 1.82. The third-order valence-electron chi connectivity index (χ3n) is 1.93. The Morgan fingerprint density at radius 3 is 2.30 bits per heavy atom. The zero-order chi connectivity index (χ0) is 7.83. The monoisotopic (exact) mass is 160 g/mol. The quantitative estimate of drug-likeness (QED) is 0.555. The van der Waals surface area contributed by atoms with Crippen LogP contribution in [-0.2, 0) is 0 Å². The highest BCUT2D eigenvalue weighted by molar-refractivity contribution is 8.00. The van der Waals surface area contributed by atoms with Gasteiger partial charge in [0, 0.05) is 17.7 Å². The molecule has 0 aromatic carbocycles. The zero-order valence-corrected chi connectivity index (χ0v) is 7.72. The predicted molar refractivity (Wildman–Crippen MR) is 46.8 cm³/mol. The second-order valence-corrected chi connectivity index (χ2v) is 5.10. The first-order chi connectivity index (χ1) is 4.46. The molecule has 0 radical (unpaired) electrons. The molecule has 0 bridgehead atoms. The lowest BCUT2D eigenvalue weighted by atomic mass is 9.92. The Morgan fingerprint density at radius 1 is 1.50 bits per heavy atom. The van der Waals surface area contributed by atoms with Crippen LogP contribution >= 0.6 is 11.8 Å². The summed E-state index contributed by atoms with van der Waals surface area (Å²) in [5.41, 5.74) is 6.23. The first-order valence-electron chi connectivity index (χ1n) is 3.64. The van der Waals surface area contributed by atoms with Gasteiger partial charge in [0.1, 0.15) is 4.99 Å². The molecule has 3 N–H and O–H groups in total. The molecule has 1 heterocycles. The number of rotatable bonds is 0. The fourth-order valence-corrected chi connectivity index (χ4v) is 2.14. The minimum atomic E-state index is -0.201.